The van der Waals surface area contributed by atoms with Crippen LogP contribution in [0.5, 0.6) is 0 Å². The maximum atomic E-state index is 6.02. The Morgan fingerprint density at radius 1 is 1.21 bits per heavy atom. The van der Waals surface area contributed by atoms with Gasteiger partial charge < -0.3 is 5.73 Å². The Balaban J connectivity index is 2.41. The van der Waals surface area contributed by atoms with Crippen LogP contribution in [0, 0.1) is 0 Å². The number of nitrogen functional groups attached to an aromatic ring is 1. The van der Waals surface area contributed by atoms with Crippen LogP contribution in [0.2, 0.25) is 0 Å². The molecule has 0 aromatic carbocycles. The van der Waals surface area contributed by atoms with E-state index in [1.807, 2.05) is 18.2 Å². The molecule has 19 heavy (non-hydrogen) atoms. The van der Waals surface area contributed by atoms with Crippen molar-refractivity contribution in [2.24, 2.45) is 0 Å². The number of hydrogen-bond donors (Lipinski definition) is 2. The highest BCUT2D eigenvalue weighted by Crippen LogP contribution is 2.35. The second-order valence-corrected chi connectivity index (χ2v) is 4.89. The number of anilines is 1. The average molecular weight is 258 g/mol. The highest BCUT2D eigenvalue weighted by atomic mass is 15.2. The van der Waals surface area contributed by atoms with Crippen molar-refractivity contribution in [1.29, 1.82) is 0 Å². The van der Waals surface area contributed by atoms with E-state index < -0.39 is 0 Å². The number of nitrogens with one attached hydrogen (secondary N) is 1. The Hall–Kier alpha value is -1.84. The lowest BCUT2D eigenvalue weighted by molar-refractivity contribution is 0.548. The SMILES string of the molecule is CCCC(CCC)c1[nH]nc(N)c1-c1ccccn1. The summed E-state index contributed by atoms with van der Waals surface area (Å²) in [5.74, 6) is 1.03. The van der Waals surface area contributed by atoms with E-state index in [2.05, 4.69) is 29.0 Å². The first-order valence-corrected chi connectivity index (χ1v) is 7.03. The minimum Gasteiger partial charge on any atom is -0.382 e. The first-order valence-electron chi connectivity index (χ1n) is 7.03. The van der Waals surface area contributed by atoms with E-state index in [-0.39, 0.29) is 0 Å². The number of rotatable bonds is 6. The van der Waals surface area contributed by atoms with Crippen LogP contribution in [0.15, 0.2) is 24.4 Å². The fraction of sp³-hybridized carbons (Fsp3) is 0.467. The summed E-state index contributed by atoms with van der Waals surface area (Å²) in [6.45, 7) is 4.42. The summed E-state index contributed by atoms with van der Waals surface area (Å²) in [7, 11) is 0. The fourth-order valence-electron chi connectivity index (χ4n) is 2.58. The van der Waals surface area contributed by atoms with Gasteiger partial charge in [-0.25, -0.2) is 0 Å². The fourth-order valence-corrected chi connectivity index (χ4v) is 2.58. The minimum atomic E-state index is 0.483. The lowest BCUT2D eigenvalue weighted by atomic mass is 9.91. The largest absolute Gasteiger partial charge is 0.382 e. The second kappa shape index (κ2) is 6.36. The van der Waals surface area contributed by atoms with E-state index in [0.717, 1.165) is 42.6 Å². The van der Waals surface area contributed by atoms with E-state index in [9.17, 15) is 0 Å². The van der Waals surface area contributed by atoms with Crippen LogP contribution in [0.4, 0.5) is 5.82 Å². The number of hydrogen-bond acceptors (Lipinski definition) is 3. The van der Waals surface area contributed by atoms with Gasteiger partial charge in [0.2, 0.25) is 0 Å². The summed E-state index contributed by atoms with van der Waals surface area (Å²) in [5, 5.41) is 7.32. The molecule has 0 bridgehead atoms. The molecule has 2 aromatic rings. The molecule has 0 atom stereocenters. The predicted molar refractivity (Wildman–Crippen MR) is 78.8 cm³/mol. The number of nitrogens with zero attached hydrogens (tertiary/aromatic N) is 2. The van der Waals surface area contributed by atoms with E-state index in [4.69, 9.17) is 5.73 Å². The van der Waals surface area contributed by atoms with Gasteiger partial charge in [0.05, 0.1) is 11.3 Å². The summed E-state index contributed by atoms with van der Waals surface area (Å²) in [6.07, 6.45) is 6.40. The summed E-state index contributed by atoms with van der Waals surface area (Å²) in [6, 6.07) is 5.88. The summed E-state index contributed by atoms with van der Waals surface area (Å²) >= 11 is 0. The highest BCUT2D eigenvalue weighted by Gasteiger charge is 2.20. The zero-order chi connectivity index (χ0) is 13.7. The molecule has 0 saturated heterocycles. The molecule has 4 nitrogen and oxygen atoms in total. The van der Waals surface area contributed by atoms with E-state index >= 15 is 0 Å². The molecular weight excluding hydrogens is 236 g/mol. The zero-order valence-corrected chi connectivity index (χ0v) is 11.7. The molecule has 0 aliphatic heterocycles. The molecule has 2 rings (SSSR count). The molecule has 0 unspecified atom stereocenters. The molecule has 0 radical (unpaired) electrons. The van der Waals surface area contributed by atoms with Crippen LogP contribution in [0.3, 0.4) is 0 Å². The van der Waals surface area contributed by atoms with Gasteiger partial charge in [0.25, 0.3) is 0 Å². The van der Waals surface area contributed by atoms with Crippen molar-refractivity contribution in [2.45, 2.75) is 45.4 Å². The van der Waals surface area contributed by atoms with Gasteiger partial charge in [0.15, 0.2) is 5.82 Å². The molecule has 2 aromatic heterocycles. The first-order chi connectivity index (χ1) is 9.27. The Labute approximate surface area is 114 Å². The Morgan fingerprint density at radius 3 is 2.53 bits per heavy atom. The maximum Gasteiger partial charge on any atom is 0.154 e. The Bertz CT molecular complexity index is 498. The predicted octanol–water partition coefficient (Wildman–Crippen LogP) is 3.74. The summed E-state index contributed by atoms with van der Waals surface area (Å²) < 4.78 is 0. The molecule has 0 saturated carbocycles. The van der Waals surface area contributed by atoms with Crippen molar-refractivity contribution >= 4 is 5.82 Å². The van der Waals surface area contributed by atoms with Gasteiger partial charge in [-0.2, -0.15) is 5.10 Å². The minimum absolute atomic E-state index is 0.483. The first kappa shape index (κ1) is 13.6. The molecule has 102 valence electrons. The number of pyridine rings is 1. The van der Waals surface area contributed by atoms with Gasteiger partial charge in [0, 0.05) is 17.8 Å². The van der Waals surface area contributed by atoms with Crippen molar-refractivity contribution in [1.82, 2.24) is 15.2 Å². The molecule has 0 aliphatic rings. The number of H-pyrrole nitrogens is 1. The monoisotopic (exact) mass is 258 g/mol. The van der Waals surface area contributed by atoms with Crippen molar-refractivity contribution in [2.75, 3.05) is 5.73 Å². The zero-order valence-electron chi connectivity index (χ0n) is 11.7. The number of nitrogens with two attached hydrogens (primary N) is 1. The van der Waals surface area contributed by atoms with Crippen molar-refractivity contribution in [3.63, 3.8) is 0 Å². The van der Waals surface area contributed by atoms with Crippen LogP contribution in [-0.4, -0.2) is 15.2 Å². The van der Waals surface area contributed by atoms with Gasteiger partial charge in [-0.3, -0.25) is 10.1 Å². The molecule has 4 heteroatoms. The lowest BCUT2D eigenvalue weighted by Crippen LogP contribution is -2.02. The topological polar surface area (TPSA) is 67.6 Å². The average Bonchev–Trinajstić information content (AvgIpc) is 2.81. The summed E-state index contributed by atoms with van der Waals surface area (Å²) in [4.78, 5) is 4.41. The van der Waals surface area contributed by atoms with Crippen molar-refractivity contribution in [3.8, 4) is 11.3 Å². The lowest BCUT2D eigenvalue weighted by Gasteiger charge is -2.15. The van der Waals surface area contributed by atoms with E-state index in [0.29, 0.717) is 11.7 Å². The molecule has 3 N–H and O–H groups in total. The van der Waals surface area contributed by atoms with Gasteiger partial charge in [-0.1, -0.05) is 32.8 Å². The molecular formula is C15H22N4. The van der Waals surface area contributed by atoms with Crippen LogP contribution < -0.4 is 5.73 Å². The normalized spacial score (nSPS) is 11.1. The third-order valence-electron chi connectivity index (χ3n) is 3.43. The van der Waals surface area contributed by atoms with Gasteiger partial charge in [0.1, 0.15) is 0 Å². The number of aromatic nitrogens is 3. The van der Waals surface area contributed by atoms with Crippen molar-refractivity contribution in [3.05, 3.63) is 30.1 Å². The van der Waals surface area contributed by atoms with E-state index in [1.165, 1.54) is 0 Å². The molecule has 2 heterocycles. The smallest absolute Gasteiger partial charge is 0.154 e. The Morgan fingerprint density at radius 2 is 1.95 bits per heavy atom. The van der Waals surface area contributed by atoms with E-state index in [1.54, 1.807) is 6.20 Å². The maximum absolute atomic E-state index is 6.02. The molecule has 0 amide bonds. The Kier molecular flexibility index (Phi) is 4.55. The number of aromatic amines is 1. The highest BCUT2D eigenvalue weighted by molar-refractivity contribution is 5.73. The van der Waals surface area contributed by atoms with Crippen LogP contribution in [0.1, 0.15) is 51.1 Å². The quantitative estimate of drug-likeness (QED) is 0.829. The van der Waals surface area contributed by atoms with Crippen LogP contribution in [0.25, 0.3) is 11.3 Å². The third kappa shape index (κ3) is 2.95. The molecule has 0 fully saturated rings. The van der Waals surface area contributed by atoms with Gasteiger partial charge in [-0.05, 0) is 25.0 Å². The third-order valence-corrected chi connectivity index (χ3v) is 3.43. The standard InChI is InChI=1S/C15H22N4/c1-3-7-11(8-4-2)14-13(15(16)19-18-14)12-9-5-6-10-17-12/h5-6,9-11H,3-4,7-8H2,1-2H3,(H3,16,18,19). The van der Waals surface area contributed by atoms with Crippen LogP contribution in [-0.2, 0) is 0 Å². The second-order valence-electron chi connectivity index (χ2n) is 4.89. The molecule has 0 aliphatic carbocycles. The summed E-state index contributed by atoms with van der Waals surface area (Å²) in [5.41, 5.74) is 9.04. The van der Waals surface area contributed by atoms with Crippen molar-refractivity contribution < 1.29 is 0 Å². The van der Waals surface area contributed by atoms with Gasteiger partial charge >= 0.3 is 0 Å². The van der Waals surface area contributed by atoms with Gasteiger partial charge in [-0.15, -0.1) is 0 Å². The van der Waals surface area contributed by atoms with Crippen LogP contribution >= 0.6 is 0 Å². The molecule has 0 spiro atoms.